The van der Waals surface area contributed by atoms with Crippen molar-refractivity contribution in [3.05, 3.63) is 74.4 Å². The van der Waals surface area contributed by atoms with Gasteiger partial charge in [-0.2, -0.15) is 0 Å². The zero-order chi connectivity index (χ0) is 20.4. The first-order valence-corrected chi connectivity index (χ1v) is 10.3. The Hall–Kier alpha value is -2.04. The quantitative estimate of drug-likeness (QED) is 0.524. The van der Waals surface area contributed by atoms with E-state index in [4.69, 9.17) is 16.3 Å². The predicted octanol–water partition coefficient (Wildman–Crippen LogP) is 6.30. The Labute approximate surface area is 179 Å². The molecule has 0 aromatic heterocycles. The number of benzene rings is 2. The van der Waals surface area contributed by atoms with Crippen molar-refractivity contribution in [2.75, 3.05) is 13.7 Å². The number of hydrogen-bond acceptors (Lipinski definition) is 2. The van der Waals surface area contributed by atoms with Crippen LogP contribution in [0.3, 0.4) is 0 Å². The lowest BCUT2D eigenvalue weighted by atomic mass is 9.99. The fourth-order valence-electron chi connectivity index (χ4n) is 3.29. The van der Waals surface area contributed by atoms with E-state index in [2.05, 4.69) is 29.8 Å². The van der Waals surface area contributed by atoms with Crippen LogP contribution in [0.4, 0.5) is 0 Å². The van der Waals surface area contributed by atoms with Crippen LogP contribution in [-0.2, 0) is 4.79 Å². The van der Waals surface area contributed by atoms with Crippen LogP contribution in [0.25, 0.3) is 11.6 Å². The molecule has 0 bridgehead atoms. The number of halogens is 2. The number of allylic oxidation sites excluding steroid dienone is 1. The van der Waals surface area contributed by atoms with Crippen LogP contribution in [0.5, 0.6) is 5.75 Å². The SMILES string of the molecule is COc1ccc(C)cc1C1=C(Br)C(=O)N(CC(C)C)/C1=C\c1ccccc1Cl. The number of hydrogen-bond donors (Lipinski definition) is 0. The largest absolute Gasteiger partial charge is 0.496 e. The van der Waals surface area contributed by atoms with E-state index >= 15 is 0 Å². The minimum Gasteiger partial charge on any atom is -0.496 e. The Morgan fingerprint density at radius 1 is 1.21 bits per heavy atom. The van der Waals surface area contributed by atoms with Crippen LogP contribution in [0.2, 0.25) is 5.02 Å². The van der Waals surface area contributed by atoms with Crippen molar-refractivity contribution in [2.24, 2.45) is 5.92 Å². The molecule has 0 N–H and O–H groups in total. The summed E-state index contributed by atoms with van der Waals surface area (Å²) < 4.78 is 6.13. The van der Waals surface area contributed by atoms with Crippen LogP contribution in [-0.4, -0.2) is 24.5 Å². The summed E-state index contributed by atoms with van der Waals surface area (Å²) in [6.07, 6.45) is 1.98. The standard InChI is InChI=1S/C23H23BrClNO2/c1-14(2)13-26-19(12-16-7-5-6-8-18(16)25)21(22(24)23(26)27)17-11-15(3)9-10-20(17)28-4/h5-12,14H,13H2,1-4H3/b19-12-. The maximum atomic E-state index is 13.1. The maximum absolute atomic E-state index is 13.1. The van der Waals surface area contributed by atoms with Crippen molar-refractivity contribution in [1.29, 1.82) is 0 Å². The van der Waals surface area contributed by atoms with Crippen LogP contribution >= 0.6 is 27.5 Å². The topological polar surface area (TPSA) is 29.5 Å². The minimum absolute atomic E-state index is 0.0504. The fraction of sp³-hybridized carbons (Fsp3) is 0.261. The highest BCUT2D eigenvalue weighted by atomic mass is 79.9. The van der Waals surface area contributed by atoms with Crippen molar-refractivity contribution in [1.82, 2.24) is 4.90 Å². The van der Waals surface area contributed by atoms with Crippen LogP contribution < -0.4 is 4.74 Å². The number of aryl methyl sites for hydroxylation is 1. The first kappa shape index (κ1) is 20.7. The molecule has 0 radical (unpaired) electrons. The van der Waals surface area contributed by atoms with Crippen LogP contribution in [0, 0.1) is 12.8 Å². The first-order chi connectivity index (χ1) is 13.3. The van der Waals surface area contributed by atoms with Gasteiger partial charge in [0.15, 0.2) is 0 Å². The summed E-state index contributed by atoms with van der Waals surface area (Å²) in [5.74, 6) is 0.991. The van der Waals surface area contributed by atoms with Crippen molar-refractivity contribution < 1.29 is 9.53 Å². The highest BCUT2D eigenvalue weighted by Crippen LogP contribution is 2.44. The van der Waals surface area contributed by atoms with Gasteiger partial charge in [-0.15, -0.1) is 0 Å². The van der Waals surface area contributed by atoms with Gasteiger partial charge in [-0.05, 0) is 58.6 Å². The van der Waals surface area contributed by atoms with Gasteiger partial charge in [-0.1, -0.05) is 55.3 Å². The number of ether oxygens (including phenoxy) is 1. The van der Waals surface area contributed by atoms with Gasteiger partial charge < -0.3 is 9.64 Å². The third-order valence-corrected chi connectivity index (χ3v) is 5.65. The molecule has 2 aromatic rings. The molecule has 146 valence electrons. The van der Waals surface area contributed by atoms with Crippen molar-refractivity contribution in [3.8, 4) is 5.75 Å². The van der Waals surface area contributed by atoms with E-state index in [0.29, 0.717) is 22.0 Å². The number of amides is 1. The molecule has 1 heterocycles. The van der Waals surface area contributed by atoms with Crippen molar-refractivity contribution in [2.45, 2.75) is 20.8 Å². The summed E-state index contributed by atoms with van der Waals surface area (Å²) in [6, 6.07) is 13.6. The van der Waals surface area contributed by atoms with Crippen molar-refractivity contribution >= 4 is 45.1 Å². The molecule has 2 aromatic carbocycles. The van der Waals surface area contributed by atoms with Crippen molar-refractivity contribution in [3.63, 3.8) is 0 Å². The Kier molecular flexibility index (Phi) is 6.31. The van der Waals surface area contributed by atoms with E-state index in [9.17, 15) is 4.79 Å². The normalized spacial score (nSPS) is 15.9. The maximum Gasteiger partial charge on any atom is 0.266 e. The number of carbonyl (C=O) groups excluding carboxylic acids is 1. The molecule has 0 spiro atoms. The van der Waals surface area contributed by atoms with E-state index < -0.39 is 0 Å². The third-order valence-electron chi connectivity index (χ3n) is 4.57. The van der Waals surface area contributed by atoms with E-state index in [1.54, 1.807) is 7.11 Å². The second-order valence-electron chi connectivity index (χ2n) is 7.25. The van der Waals surface area contributed by atoms with Gasteiger partial charge in [0, 0.05) is 22.7 Å². The van der Waals surface area contributed by atoms with Gasteiger partial charge in [0.1, 0.15) is 5.75 Å². The van der Waals surface area contributed by atoms with Crippen LogP contribution in [0.15, 0.2) is 52.6 Å². The minimum atomic E-state index is -0.0504. The second-order valence-corrected chi connectivity index (χ2v) is 8.45. The fourth-order valence-corrected chi connectivity index (χ4v) is 4.11. The van der Waals surface area contributed by atoms with Gasteiger partial charge in [-0.3, -0.25) is 4.79 Å². The van der Waals surface area contributed by atoms with E-state index in [-0.39, 0.29) is 5.91 Å². The third kappa shape index (κ3) is 4.03. The summed E-state index contributed by atoms with van der Waals surface area (Å²) in [6.45, 7) is 6.83. The average Bonchev–Trinajstić information content (AvgIpc) is 2.87. The molecule has 1 amide bonds. The Balaban J connectivity index is 2.25. The van der Waals surface area contributed by atoms with E-state index in [1.807, 2.05) is 60.4 Å². The Bertz CT molecular complexity index is 978. The van der Waals surface area contributed by atoms with Gasteiger partial charge in [0.2, 0.25) is 0 Å². The number of methoxy groups -OCH3 is 1. The predicted molar refractivity (Wildman–Crippen MR) is 120 cm³/mol. The average molecular weight is 461 g/mol. The summed E-state index contributed by atoms with van der Waals surface area (Å²) in [7, 11) is 1.64. The molecule has 0 saturated carbocycles. The molecular weight excluding hydrogens is 438 g/mol. The zero-order valence-corrected chi connectivity index (χ0v) is 18.8. The molecule has 28 heavy (non-hydrogen) atoms. The monoisotopic (exact) mass is 459 g/mol. The summed E-state index contributed by atoms with van der Waals surface area (Å²) >= 11 is 9.96. The van der Waals surface area contributed by atoms with Gasteiger partial charge >= 0.3 is 0 Å². The highest BCUT2D eigenvalue weighted by molar-refractivity contribution is 9.12. The molecule has 1 aliphatic heterocycles. The van der Waals surface area contributed by atoms with E-state index in [1.165, 1.54) is 0 Å². The highest BCUT2D eigenvalue weighted by Gasteiger charge is 2.36. The lowest BCUT2D eigenvalue weighted by Gasteiger charge is -2.23. The lowest BCUT2D eigenvalue weighted by Crippen LogP contribution is -2.29. The smallest absolute Gasteiger partial charge is 0.266 e. The van der Waals surface area contributed by atoms with Crippen LogP contribution in [0.1, 0.15) is 30.5 Å². The molecule has 0 fully saturated rings. The number of nitrogens with zero attached hydrogens (tertiary/aromatic N) is 1. The van der Waals surface area contributed by atoms with Gasteiger partial charge in [0.25, 0.3) is 5.91 Å². The molecule has 0 saturated heterocycles. The first-order valence-electron chi connectivity index (χ1n) is 9.16. The Morgan fingerprint density at radius 3 is 2.57 bits per heavy atom. The lowest BCUT2D eigenvalue weighted by molar-refractivity contribution is -0.123. The molecule has 3 nitrogen and oxygen atoms in total. The second kappa shape index (κ2) is 8.54. The summed E-state index contributed by atoms with van der Waals surface area (Å²) in [5, 5.41) is 0.644. The van der Waals surface area contributed by atoms with Gasteiger partial charge in [0.05, 0.1) is 17.3 Å². The zero-order valence-electron chi connectivity index (χ0n) is 16.4. The number of rotatable bonds is 5. The Morgan fingerprint density at radius 2 is 1.93 bits per heavy atom. The molecule has 0 atom stereocenters. The molecule has 0 aliphatic carbocycles. The number of carbonyl (C=O) groups is 1. The van der Waals surface area contributed by atoms with E-state index in [0.717, 1.165) is 33.7 Å². The molecule has 3 rings (SSSR count). The molecule has 0 unspecified atom stereocenters. The molecule has 1 aliphatic rings. The molecular formula is C23H23BrClNO2. The summed E-state index contributed by atoms with van der Waals surface area (Å²) in [5.41, 5.74) is 4.49. The van der Waals surface area contributed by atoms with Gasteiger partial charge in [-0.25, -0.2) is 0 Å². The molecule has 5 heteroatoms. The summed E-state index contributed by atoms with van der Waals surface area (Å²) in [4.78, 5) is 14.9.